The minimum Gasteiger partial charge on any atom is -0.497 e. The Morgan fingerprint density at radius 1 is 0.951 bits per heavy atom. The SMILES string of the molecule is COc1cccc(CN(C(=O)CN(c2cccc(C)c2)S(=O)(=O)c2ccc(C)cc2)C(C)C(=O)NC2CCCC2)c1. The summed E-state index contributed by atoms with van der Waals surface area (Å²) in [4.78, 5) is 29.0. The van der Waals surface area contributed by atoms with E-state index in [0.29, 0.717) is 11.4 Å². The number of amides is 2. The quantitative estimate of drug-likeness (QED) is 0.347. The normalized spacial score (nSPS) is 14.3. The Bertz CT molecular complexity index is 1470. The van der Waals surface area contributed by atoms with Crippen LogP contribution < -0.4 is 14.4 Å². The number of nitrogens with one attached hydrogen (secondary N) is 1. The van der Waals surface area contributed by atoms with E-state index < -0.39 is 28.5 Å². The Morgan fingerprint density at radius 3 is 2.29 bits per heavy atom. The highest BCUT2D eigenvalue weighted by atomic mass is 32.2. The molecule has 9 heteroatoms. The predicted octanol–water partition coefficient (Wildman–Crippen LogP) is 4.98. The molecule has 8 nitrogen and oxygen atoms in total. The first-order valence-corrected chi connectivity index (χ1v) is 15.4. The van der Waals surface area contributed by atoms with Crippen LogP contribution in [0.25, 0.3) is 0 Å². The smallest absolute Gasteiger partial charge is 0.264 e. The zero-order chi connectivity index (χ0) is 29.6. The van der Waals surface area contributed by atoms with Crippen LogP contribution in [-0.4, -0.2) is 50.9 Å². The number of methoxy groups -OCH3 is 1. The van der Waals surface area contributed by atoms with E-state index in [1.807, 2.05) is 38.1 Å². The molecule has 4 rings (SSSR count). The first-order valence-electron chi connectivity index (χ1n) is 14.0. The summed E-state index contributed by atoms with van der Waals surface area (Å²) in [5.41, 5.74) is 2.93. The maximum atomic E-state index is 14.1. The average Bonchev–Trinajstić information content (AvgIpc) is 3.47. The topological polar surface area (TPSA) is 96.0 Å². The number of aryl methyl sites for hydroxylation is 2. The fourth-order valence-electron chi connectivity index (χ4n) is 5.09. The van der Waals surface area contributed by atoms with Gasteiger partial charge in [0.2, 0.25) is 11.8 Å². The van der Waals surface area contributed by atoms with Gasteiger partial charge in [-0.1, -0.05) is 54.8 Å². The van der Waals surface area contributed by atoms with Crippen LogP contribution in [-0.2, 0) is 26.2 Å². The predicted molar refractivity (Wildman–Crippen MR) is 160 cm³/mol. The van der Waals surface area contributed by atoms with Crippen LogP contribution in [0.5, 0.6) is 5.75 Å². The van der Waals surface area contributed by atoms with Crippen molar-refractivity contribution in [3.05, 3.63) is 89.5 Å². The standard InChI is InChI=1S/C32H39N3O5S/c1-23-15-17-30(18-16-23)41(38,39)35(28-13-7-9-24(2)19-28)22-31(36)34(21-26-10-8-14-29(20-26)40-4)25(3)32(37)33-27-11-5-6-12-27/h7-10,13-20,25,27H,5-6,11-12,21-22H2,1-4H3,(H,33,37). The number of carbonyl (C=O) groups excluding carboxylic acids is 2. The summed E-state index contributed by atoms with van der Waals surface area (Å²) in [7, 11) is -2.53. The zero-order valence-corrected chi connectivity index (χ0v) is 25.0. The molecular weight excluding hydrogens is 538 g/mol. The molecule has 2 amide bonds. The van der Waals surface area contributed by atoms with Gasteiger partial charge >= 0.3 is 0 Å². The maximum absolute atomic E-state index is 14.1. The Hall–Kier alpha value is -3.85. The summed E-state index contributed by atoms with van der Waals surface area (Å²) in [6.45, 7) is 5.08. The summed E-state index contributed by atoms with van der Waals surface area (Å²) in [6, 6.07) is 20.1. The Kier molecular flexibility index (Phi) is 9.70. The van der Waals surface area contributed by atoms with Crippen molar-refractivity contribution in [1.82, 2.24) is 10.2 Å². The van der Waals surface area contributed by atoms with Gasteiger partial charge in [-0.15, -0.1) is 0 Å². The number of hydrogen-bond donors (Lipinski definition) is 1. The summed E-state index contributed by atoms with van der Waals surface area (Å²) < 4.78 is 34.4. The molecule has 0 spiro atoms. The average molecular weight is 578 g/mol. The molecule has 3 aromatic carbocycles. The van der Waals surface area contributed by atoms with E-state index in [-0.39, 0.29) is 23.4 Å². The number of nitrogens with zero attached hydrogens (tertiary/aromatic N) is 2. The van der Waals surface area contributed by atoms with E-state index >= 15 is 0 Å². The number of benzene rings is 3. The molecule has 1 aliphatic rings. The minimum absolute atomic E-state index is 0.0868. The molecule has 0 aromatic heterocycles. The Morgan fingerprint density at radius 2 is 1.63 bits per heavy atom. The third-order valence-electron chi connectivity index (χ3n) is 7.53. The van der Waals surface area contributed by atoms with Gasteiger partial charge in [-0.2, -0.15) is 0 Å². The van der Waals surface area contributed by atoms with Crippen molar-refractivity contribution in [3.8, 4) is 5.75 Å². The minimum atomic E-state index is -4.10. The lowest BCUT2D eigenvalue weighted by molar-refractivity contribution is -0.139. The third-order valence-corrected chi connectivity index (χ3v) is 9.32. The van der Waals surface area contributed by atoms with E-state index in [2.05, 4.69) is 5.32 Å². The second kappa shape index (κ2) is 13.2. The van der Waals surface area contributed by atoms with Gasteiger partial charge in [0.05, 0.1) is 17.7 Å². The molecule has 218 valence electrons. The highest BCUT2D eigenvalue weighted by Crippen LogP contribution is 2.26. The molecule has 0 radical (unpaired) electrons. The Labute approximate surface area is 243 Å². The number of carbonyl (C=O) groups is 2. The van der Waals surface area contributed by atoms with Gasteiger partial charge in [-0.05, 0) is 81.1 Å². The van der Waals surface area contributed by atoms with Crippen LogP contribution in [0.4, 0.5) is 5.69 Å². The third kappa shape index (κ3) is 7.47. The maximum Gasteiger partial charge on any atom is 0.264 e. The van der Waals surface area contributed by atoms with Crippen molar-refractivity contribution in [2.75, 3.05) is 18.0 Å². The fraction of sp³-hybridized carbons (Fsp3) is 0.375. The molecular formula is C32H39N3O5S. The highest BCUT2D eigenvalue weighted by molar-refractivity contribution is 7.92. The van der Waals surface area contributed by atoms with Gasteiger partial charge < -0.3 is 15.0 Å². The fourth-order valence-corrected chi connectivity index (χ4v) is 6.50. The Balaban J connectivity index is 1.69. The van der Waals surface area contributed by atoms with Gasteiger partial charge in [0.25, 0.3) is 10.0 Å². The first-order chi connectivity index (χ1) is 19.6. The summed E-state index contributed by atoms with van der Waals surface area (Å²) in [5.74, 6) is -0.114. The van der Waals surface area contributed by atoms with E-state index in [1.54, 1.807) is 62.6 Å². The number of anilines is 1. The second-order valence-electron chi connectivity index (χ2n) is 10.7. The summed E-state index contributed by atoms with van der Waals surface area (Å²) in [5, 5.41) is 3.09. The molecule has 0 bridgehead atoms. The van der Waals surface area contributed by atoms with E-state index in [0.717, 1.165) is 46.7 Å². The molecule has 1 aliphatic carbocycles. The molecule has 1 unspecified atom stereocenters. The monoisotopic (exact) mass is 577 g/mol. The zero-order valence-electron chi connectivity index (χ0n) is 24.2. The number of rotatable bonds is 11. The molecule has 0 saturated heterocycles. The van der Waals surface area contributed by atoms with Crippen LogP contribution in [0.15, 0.2) is 77.7 Å². The van der Waals surface area contributed by atoms with Gasteiger partial charge in [0.1, 0.15) is 18.3 Å². The van der Waals surface area contributed by atoms with Crippen molar-refractivity contribution < 1.29 is 22.7 Å². The lowest BCUT2D eigenvalue weighted by Gasteiger charge is -2.32. The number of hydrogen-bond acceptors (Lipinski definition) is 5. The van der Waals surface area contributed by atoms with Gasteiger partial charge in [0, 0.05) is 12.6 Å². The van der Waals surface area contributed by atoms with Crippen molar-refractivity contribution in [1.29, 1.82) is 0 Å². The van der Waals surface area contributed by atoms with Gasteiger partial charge in [-0.3, -0.25) is 13.9 Å². The van der Waals surface area contributed by atoms with E-state index in [1.165, 1.54) is 4.90 Å². The van der Waals surface area contributed by atoms with E-state index in [4.69, 9.17) is 4.74 Å². The molecule has 1 fully saturated rings. The first kappa shape index (κ1) is 30.1. The molecule has 1 saturated carbocycles. The number of ether oxygens (including phenoxy) is 1. The molecule has 41 heavy (non-hydrogen) atoms. The lowest BCUT2D eigenvalue weighted by Crippen LogP contribution is -2.52. The summed E-state index contributed by atoms with van der Waals surface area (Å²) >= 11 is 0. The van der Waals surface area contributed by atoms with Crippen molar-refractivity contribution >= 4 is 27.5 Å². The largest absolute Gasteiger partial charge is 0.497 e. The number of sulfonamides is 1. The van der Waals surface area contributed by atoms with Gasteiger partial charge in [-0.25, -0.2) is 8.42 Å². The molecule has 3 aromatic rings. The lowest BCUT2D eigenvalue weighted by atomic mass is 10.1. The van der Waals surface area contributed by atoms with Crippen molar-refractivity contribution in [3.63, 3.8) is 0 Å². The van der Waals surface area contributed by atoms with E-state index in [9.17, 15) is 18.0 Å². The van der Waals surface area contributed by atoms with Crippen molar-refractivity contribution in [2.24, 2.45) is 0 Å². The second-order valence-corrected chi connectivity index (χ2v) is 12.6. The molecule has 1 N–H and O–H groups in total. The van der Waals surface area contributed by atoms with Crippen LogP contribution in [0.2, 0.25) is 0 Å². The van der Waals surface area contributed by atoms with Crippen LogP contribution >= 0.6 is 0 Å². The highest BCUT2D eigenvalue weighted by Gasteiger charge is 2.33. The molecule has 0 aliphatic heterocycles. The van der Waals surface area contributed by atoms with Crippen LogP contribution in [0, 0.1) is 13.8 Å². The molecule has 0 heterocycles. The van der Waals surface area contributed by atoms with Crippen LogP contribution in [0.3, 0.4) is 0 Å². The van der Waals surface area contributed by atoms with Crippen LogP contribution in [0.1, 0.15) is 49.3 Å². The van der Waals surface area contributed by atoms with Gasteiger partial charge in [0.15, 0.2) is 0 Å². The van der Waals surface area contributed by atoms with Crippen molar-refractivity contribution in [2.45, 2.75) is 70.0 Å². The molecule has 1 atom stereocenters. The summed E-state index contributed by atoms with van der Waals surface area (Å²) in [6.07, 6.45) is 3.96.